The zero-order chi connectivity index (χ0) is 14.4. The molecular formula is C9H18Cl2N2O4S. The highest BCUT2D eigenvalue weighted by Crippen LogP contribution is 2.08. The van der Waals surface area contributed by atoms with Crippen LogP contribution in [0.5, 0.6) is 0 Å². The van der Waals surface area contributed by atoms with Crippen molar-refractivity contribution in [2.45, 2.75) is 26.4 Å². The topological polar surface area (TPSA) is 75.7 Å². The summed E-state index contributed by atoms with van der Waals surface area (Å²) in [5.41, 5.74) is -0.774. The van der Waals surface area contributed by atoms with Crippen LogP contribution in [-0.2, 0) is 14.9 Å². The normalized spacial score (nSPS) is 12.6. The Morgan fingerprint density at radius 1 is 1.22 bits per heavy atom. The van der Waals surface area contributed by atoms with Gasteiger partial charge in [0, 0.05) is 24.8 Å². The summed E-state index contributed by atoms with van der Waals surface area (Å²) in [6.45, 7) is 5.02. The van der Waals surface area contributed by atoms with Gasteiger partial charge < -0.3 is 4.74 Å². The van der Waals surface area contributed by atoms with Gasteiger partial charge in [0.25, 0.3) is 0 Å². The number of ether oxygens (including phenoxy) is 1. The Morgan fingerprint density at radius 2 is 1.67 bits per heavy atom. The Hall–Kier alpha value is -0.240. The van der Waals surface area contributed by atoms with Crippen LogP contribution < -0.4 is 4.72 Å². The summed E-state index contributed by atoms with van der Waals surface area (Å²) in [6, 6.07) is 0. The number of rotatable bonds is 6. The van der Waals surface area contributed by atoms with Gasteiger partial charge in [-0.25, -0.2) is 9.52 Å². The Kier molecular flexibility index (Phi) is 7.28. The standard InChI is InChI=1S/C9H18Cl2N2O4S/c1-9(2,3)17-8(14)12-18(15,16)13(6-4-10)7-5-11/h4-7H2,1-3H3,(H,12,14). The minimum absolute atomic E-state index is 0.0619. The zero-order valence-corrected chi connectivity index (χ0v) is 12.9. The van der Waals surface area contributed by atoms with Crippen molar-refractivity contribution in [2.75, 3.05) is 24.8 Å². The maximum atomic E-state index is 11.8. The van der Waals surface area contributed by atoms with Crippen LogP contribution in [0.1, 0.15) is 20.8 Å². The SMILES string of the molecule is CC(C)(C)OC(=O)NS(=O)(=O)N(CCCl)CCCl. The van der Waals surface area contributed by atoms with Crippen molar-refractivity contribution >= 4 is 39.5 Å². The predicted molar refractivity (Wildman–Crippen MR) is 71.3 cm³/mol. The first-order valence-electron chi connectivity index (χ1n) is 5.25. The molecule has 0 radical (unpaired) electrons. The molecule has 108 valence electrons. The molecule has 18 heavy (non-hydrogen) atoms. The van der Waals surface area contributed by atoms with E-state index >= 15 is 0 Å². The number of hydrogen-bond acceptors (Lipinski definition) is 4. The number of carbonyl (C=O) groups is 1. The van der Waals surface area contributed by atoms with Gasteiger partial charge in [0.2, 0.25) is 0 Å². The summed E-state index contributed by atoms with van der Waals surface area (Å²) in [4.78, 5) is 11.4. The van der Waals surface area contributed by atoms with E-state index in [9.17, 15) is 13.2 Å². The molecular weight excluding hydrogens is 303 g/mol. The second-order valence-corrected chi connectivity index (χ2v) is 6.81. The van der Waals surface area contributed by atoms with E-state index in [1.165, 1.54) is 0 Å². The van der Waals surface area contributed by atoms with Gasteiger partial charge in [0.1, 0.15) is 5.60 Å². The highest BCUT2D eigenvalue weighted by molar-refractivity contribution is 7.87. The van der Waals surface area contributed by atoms with Gasteiger partial charge in [0.15, 0.2) is 0 Å². The highest BCUT2D eigenvalue weighted by atomic mass is 35.5. The molecule has 0 spiro atoms. The van der Waals surface area contributed by atoms with Crippen LogP contribution in [0.3, 0.4) is 0 Å². The van der Waals surface area contributed by atoms with E-state index in [-0.39, 0.29) is 24.8 Å². The van der Waals surface area contributed by atoms with E-state index in [4.69, 9.17) is 27.9 Å². The fraction of sp³-hybridized carbons (Fsp3) is 0.889. The third kappa shape index (κ3) is 7.25. The summed E-state index contributed by atoms with van der Waals surface area (Å²) in [5.74, 6) is 0.207. The van der Waals surface area contributed by atoms with Crippen molar-refractivity contribution in [1.82, 2.24) is 9.03 Å². The van der Waals surface area contributed by atoms with E-state index in [0.717, 1.165) is 4.31 Å². The minimum Gasteiger partial charge on any atom is -0.443 e. The van der Waals surface area contributed by atoms with Crippen molar-refractivity contribution in [3.63, 3.8) is 0 Å². The molecule has 0 saturated heterocycles. The monoisotopic (exact) mass is 320 g/mol. The zero-order valence-electron chi connectivity index (χ0n) is 10.6. The molecule has 0 saturated carbocycles. The molecule has 0 unspecified atom stereocenters. The molecule has 0 aromatic rings. The molecule has 6 nitrogen and oxygen atoms in total. The van der Waals surface area contributed by atoms with Gasteiger partial charge >= 0.3 is 16.3 Å². The molecule has 1 amide bonds. The van der Waals surface area contributed by atoms with Crippen LogP contribution in [0.25, 0.3) is 0 Å². The lowest BCUT2D eigenvalue weighted by molar-refractivity contribution is 0.0567. The number of hydrogen-bond donors (Lipinski definition) is 1. The molecule has 0 aromatic heterocycles. The first kappa shape index (κ1) is 17.8. The fourth-order valence-corrected chi connectivity index (χ4v) is 2.66. The second-order valence-electron chi connectivity index (χ2n) is 4.39. The van der Waals surface area contributed by atoms with E-state index in [0.29, 0.717) is 0 Å². The Balaban J connectivity index is 4.66. The number of nitrogens with one attached hydrogen (secondary N) is 1. The predicted octanol–water partition coefficient (Wildman–Crippen LogP) is 1.54. The summed E-state index contributed by atoms with van der Waals surface area (Å²) in [5, 5.41) is 0. The van der Waals surface area contributed by atoms with Crippen LogP contribution in [0.2, 0.25) is 0 Å². The molecule has 0 heterocycles. The summed E-state index contributed by atoms with van der Waals surface area (Å²) in [6.07, 6.45) is -1.03. The average molecular weight is 321 g/mol. The molecule has 0 atom stereocenters. The molecule has 0 aliphatic carbocycles. The maximum Gasteiger partial charge on any atom is 0.422 e. The minimum atomic E-state index is -3.98. The molecule has 9 heteroatoms. The molecule has 0 bridgehead atoms. The van der Waals surface area contributed by atoms with E-state index in [2.05, 4.69) is 0 Å². The van der Waals surface area contributed by atoms with E-state index in [1.807, 2.05) is 0 Å². The second kappa shape index (κ2) is 7.37. The van der Waals surface area contributed by atoms with Crippen LogP contribution in [0, 0.1) is 0 Å². The third-order valence-electron chi connectivity index (χ3n) is 1.62. The van der Waals surface area contributed by atoms with Crippen molar-refractivity contribution < 1.29 is 17.9 Å². The summed E-state index contributed by atoms with van der Waals surface area (Å²) in [7, 11) is -3.98. The van der Waals surface area contributed by atoms with Crippen LogP contribution in [-0.4, -0.2) is 49.3 Å². The number of carbonyl (C=O) groups excluding carboxylic acids is 1. The van der Waals surface area contributed by atoms with Crippen LogP contribution in [0.4, 0.5) is 4.79 Å². The average Bonchev–Trinajstić information content (AvgIpc) is 2.13. The maximum absolute atomic E-state index is 11.8. The van der Waals surface area contributed by atoms with Crippen molar-refractivity contribution in [3.05, 3.63) is 0 Å². The Labute approximate surface area is 118 Å². The van der Waals surface area contributed by atoms with Crippen LogP contribution in [0.15, 0.2) is 0 Å². The fourth-order valence-electron chi connectivity index (χ4n) is 1.01. The lowest BCUT2D eigenvalue weighted by Crippen LogP contribution is -2.46. The van der Waals surface area contributed by atoms with Crippen molar-refractivity contribution in [3.8, 4) is 0 Å². The smallest absolute Gasteiger partial charge is 0.422 e. The molecule has 0 aliphatic rings. The number of halogens is 2. The first-order valence-corrected chi connectivity index (χ1v) is 7.76. The molecule has 0 fully saturated rings. The van der Waals surface area contributed by atoms with Gasteiger partial charge in [-0.1, -0.05) is 0 Å². The van der Waals surface area contributed by atoms with Crippen molar-refractivity contribution in [1.29, 1.82) is 0 Å². The largest absolute Gasteiger partial charge is 0.443 e. The van der Waals surface area contributed by atoms with Gasteiger partial charge in [-0.15, -0.1) is 23.2 Å². The Morgan fingerprint density at radius 3 is 2.00 bits per heavy atom. The lowest BCUT2D eigenvalue weighted by atomic mass is 10.2. The number of nitrogens with zero attached hydrogens (tertiary/aromatic N) is 1. The van der Waals surface area contributed by atoms with E-state index in [1.54, 1.807) is 25.5 Å². The van der Waals surface area contributed by atoms with Gasteiger partial charge in [-0.05, 0) is 20.8 Å². The molecule has 1 N–H and O–H groups in total. The number of amides is 1. The third-order valence-corrected chi connectivity index (χ3v) is 3.43. The lowest BCUT2D eigenvalue weighted by Gasteiger charge is -2.23. The molecule has 0 aliphatic heterocycles. The Bertz CT molecular complexity index is 361. The highest BCUT2D eigenvalue weighted by Gasteiger charge is 2.26. The van der Waals surface area contributed by atoms with Gasteiger partial charge in [-0.3, -0.25) is 0 Å². The van der Waals surface area contributed by atoms with Crippen LogP contribution >= 0.6 is 23.2 Å². The van der Waals surface area contributed by atoms with Gasteiger partial charge in [-0.2, -0.15) is 12.7 Å². The summed E-state index contributed by atoms with van der Waals surface area (Å²) < 4.78 is 31.3. The van der Waals surface area contributed by atoms with E-state index < -0.39 is 21.9 Å². The first-order chi connectivity index (χ1) is 8.12. The van der Waals surface area contributed by atoms with Crippen molar-refractivity contribution in [2.24, 2.45) is 0 Å². The molecule has 0 rings (SSSR count). The molecule has 0 aromatic carbocycles. The van der Waals surface area contributed by atoms with Gasteiger partial charge in [0.05, 0.1) is 0 Å². The quantitative estimate of drug-likeness (QED) is 0.753. The number of alkyl halides is 2. The summed E-state index contributed by atoms with van der Waals surface area (Å²) >= 11 is 11.0.